The van der Waals surface area contributed by atoms with Crippen molar-refractivity contribution >= 4 is 5.91 Å². The number of ether oxygens (including phenoxy) is 1. The molecule has 0 radical (unpaired) electrons. The van der Waals surface area contributed by atoms with Crippen molar-refractivity contribution in [3.63, 3.8) is 0 Å². The Hall–Kier alpha value is -0.610. The summed E-state index contributed by atoms with van der Waals surface area (Å²) in [6.45, 7) is 7.08. The van der Waals surface area contributed by atoms with Crippen LogP contribution >= 0.6 is 0 Å². The Balaban J connectivity index is 1.68. The van der Waals surface area contributed by atoms with Crippen molar-refractivity contribution in [3.05, 3.63) is 0 Å². The standard InChI is InChI=1S/C17H32N2O2/c1-3-11-18-15-7-9-16(10-8-15)21-14(2)17(20)19-12-5-4-6-13-19/h14-16,18H,3-13H2,1-2H3. The molecule has 4 nitrogen and oxygen atoms in total. The van der Waals surface area contributed by atoms with Crippen molar-refractivity contribution in [1.82, 2.24) is 10.2 Å². The number of nitrogens with one attached hydrogen (secondary N) is 1. The van der Waals surface area contributed by atoms with Crippen LogP contribution < -0.4 is 5.32 Å². The molecule has 0 aromatic rings. The van der Waals surface area contributed by atoms with E-state index >= 15 is 0 Å². The van der Waals surface area contributed by atoms with Gasteiger partial charge in [0.05, 0.1) is 6.10 Å². The van der Waals surface area contributed by atoms with Gasteiger partial charge in [-0.15, -0.1) is 0 Å². The van der Waals surface area contributed by atoms with Crippen molar-refractivity contribution in [3.8, 4) is 0 Å². The molecule has 1 aliphatic heterocycles. The fraction of sp³-hybridized carbons (Fsp3) is 0.941. The average molecular weight is 296 g/mol. The van der Waals surface area contributed by atoms with Crippen LogP contribution in [0.25, 0.3) is 0 Å². The van der Waals surface area contributed by atoms with Crippen LogP contribution in [0, 0.1) is 0 Å². The predicted molar refractivity (Wildman–Crippen MR) is 85.3 cm³/mol. The smallest absolute Gasteiger partial charge is 0.251 e. The summed E-state index contributed by atoms with van der Waals surface area (Å²) in [5.74, 6) is 0.195. The number of amides is 1. The van der Waals surface area contributed by atoms with Crippen molar-refractivity contribution in [1.29, 1.82) is 0 Å². The molecule has 122 valence electrons. The van der Waals surface area contributed by atoms with Crippen LogP contribution in [-0.4, -0.2) is 48.7 Å². The second kappa shape index (κ2) is 8.74. The molecule has 1 unspecified atom stereocenters. The van der Waals surface area contributed by atoms with Crippen LogP contribution in [0.4, 0.5) is 0 Å². The summed E-state index contributed by atoms with van der Waals surface area (Å²) in [5, 5.41) is 3.59. The van der Waals surface area contributed by atoms with Crippen molar-refractivity contribution in [2.45, 2.75) is 83.5 Å². The highest BCUT2D eigenvalue weighted by molar-refractivity contribution is 5.80. The zero-order valence-corrected chi connectivity index (χ0v) is 13.8. The maximum absolute atomic E-state index is 12.4. The lowest BCUT2D eigenvalue weighted by Gasteiger charge is -2.33. The Labute approximate surface area is 129 Å². The quantitative estimate of drug-likeness (QED) is 0.819. The molecule has 1 N–H and O–H groups in total. The molecule has 1 saturated heterocycles. The molecule has 1 saturated carbocycles. The Morgan fingerprint density at radius 1 is 1.19 bits per heavy atom. The van der Waals surface area contributed by atoms with Gasteiger partial charge in [-0.1, -0.05) is 6.92 Å². The first kappa shape index (κ1) is 16.8. The highest BCUT2D eigenvalue weighted by atomic mass is 16.5. The van der Waals surface area contributed by atoms with E-state index in [-0.39, 0.29) is 18.1 Å². The lowest BCUT2D eigenvalue weighted by molar-refractivity contribution is -0.148. The number of carbonyl (C=O) groups is 1. The third-order valence-electron chi connectivity index (χ3n) is 4.77. The molecular weight excluding hydrogens is 264 g/mol. The van der Waals surface area contributed by atoms with Gasteiger partial charge in [-0.05, 0) is 64.8 Å². The summed E-state index contributed by atoms with van der Waals surface area (Å²) < 4.78 is 6.04. The highest BCUT2D eigenvalue weighted by Crippen LogP contribution is 2.23. The van der Waals surface area contributed by atoms with E-state index in [1.807, 2.05) is 11.8 Å². The van der Waals surface area contributed by atoms with E-state index in [0.717, 1.165) is 45.3 Å². The maximum Gasteiger partial charge on any atom is 0.251 e. The molecule has 2 aliphatic rings. The van der Waals surface area contributed by atoms with Gasteiger partial charge in [-0.2, -0.15) is 0 Å². The van der Waals surface area contributed by atoms with Gasteiger partial charge < -0.3 is 15.0 Å². The summed E-state index contributed by atoms with van der Waals surface area (Å²) >= 11 is 0. The monoisotopic (exact) mass is 296 g/mol. The fourth-order valence-electron chi connectivity index (χ4n) is 3.47. The number of rotatable bonds is 6. The maximum atomic E-state index is 12.4. The molecule has 1 amide bonds. The lowest BCUT2D eigenvalue weighted by Crippen LogP contribution is -2.44. The first-order valence-corrected chi connectivity index (χ1v) is 8.88. The van der Waals surface area contributed by atoms with Gasteiger partial charge in [0.15, 0.2) is 0 Å². The Kier molecular flexibility index (Phi) is 6.97. The van der Waals surface area contributed by atoms with Crippen LogP contribution in [0.5, 0.6) is 0 Å². The molecule has 1 atom stereocenters. The molecule has 21 heavy (non-hydrogen) atoms. The molecule has 0 aromatic heterocycles. The molecule has 2 fully saturated rings. The van der Waals surface area contributed by atoms with Crippen molar-refractivity contribution in [2.24, 2.45) is 0 Å². The van der Waals surface area contributed by atoms with E-state index in [1.165, 1.54) is 25.7 Å². The lowest BCUT2D eigenvalue weighted by atomic mass is 9.92. The second-order valence-electron chi connectivity index (χ2n) is 6.59. The number of nitrogens with zero attached hydrogens (tertiary/aromatic N) is 1. The van der Waals surface area contributed by atoms with E-state index in [0.29, 0.717) is 6.04 Å². The summed E-state index contributed by atoms with van der Waals surface area (Å²) in [5.41, 5.74) is 0. The van der Waals surface area contributed by atoms with Crippen LogP contribution in [-0.2, 0) is 9.53 Å². The molecule has 4 heteroatoms. The van der Waals surface area contributed by atoms with Gasteiger partial charge in [0.2, 0.25) is 0 Å². The summed E-state index contributed by atoms with van der Waals surface area (Å²) in [6.07, 6.45) is 9.26. The van der Waals surface area contributed by atoms with Gasteiger partial charge in [0, 0.05) is 19.1 Å². The van der Waals surface area contributed by atoms with E-state index in [9.17, 15) is 4.79 Å². The minimum atomic E-state index is -0.270. The number of likely N-dealkylation sites (tertiary alicyclic amines) is 1. The molecule has 0 spiro atoms. The second-order valence-corrected chi connectivity index (χ2v) is 6.59. The molecule has 1 heterocycles. The first-order chi connectivity index (χ1) is 10.2. The molecular formula is C17H32N2O2. The van der Waals surface area contributed by atoms with Crippen LogP contribution in [0.15, 0.2) is 0 Å². The van der Waals surface area contributed by atoms with Crippen molar-refractivity contribution < 1.29 is 9.53 Å². The normalized spacial score (nSPS) is 28.4. The minimum Gasteiger partial charge on any atom is -0.365 e. The zero-order valence-electron chi connectivity index (χ0n) is 13.8. The van der Waals surface area contributed by atoms with E-state index in [2.05, 4.69) is 12.2 Å². The number of hydrogen-bond acceptors (Lipinski definition) is 3. The summed E-state index contributed by atoms with van der Waals surface area (Å²) in [6, 6.07) is 0.651. The SMILES string of the molecule is CCCNC1CCC(OC(C)C(=O)N2CCCCC2)CC1. The van der Waals surface area contributed by atoms with Gasteiger partial charge >= 0.3 is 0 Å². The third-order valence-corrected chi connectivity index (χ3v) is 4.77. The van der Waals surface area contributed by atoms with Crippen LogP contribution in [0.2, 0.25) is 0 Å². The van der Waals surface area contributed by atoms with E-state index in [1.54, 1.807) is 0 Å². The van der Waals surface area contributed by atoms with E-state index < -0.39 is 0 Å². The van der Waals surface area contributed by atoms with Crippen LogP contribution in [0.1, 0.15) is 65.2 Å². The molecule has 0 bridgehead atoms. The Morgan fingerprint density at radius 2 is 1.86 bits per heavy atom. The molecule has 0 aromatic carbocycles. The fourth-order valence-corrected chi connectivity index (χ4v) is 3.47. The Bertz CT molecular complexity index is 308. The number of carbonyl (C=O) groups excluding carboxylic acids is 1. The Morgan fingerprint density at radius 3 is 2.48 bits per heavy atom. The van der Waals surface area contributed by atoms with Crippen molar-refractivity contribution in [2.75, 3.05) is 19.6 Å². The topological polar surface area (TPSA) is 41.6 Å². The minimum absolute atomic E-state index is 0.195. The first-order valence-electron chi connectivity index (χ1n) is 8.88. The van der Waals surface area contributed by atoms with E-state index in [4.69, 9.17) is 4.74 Å². The van der Waals surface area contributed by atoms with Gasteiger partial charge in [-0.25, -0.2) is 0 Å². The summed E-state index contributed by atoms with van der Waals surface area (Å²) in [7, 11) is 0. The third kappa shape index (κ3) is 5.26. The molecule has 1 aliphatic carbocycles. The average Bonchev–Trinajstić information content (AvgIpc) is 2.54. The number of piperidine rings is 1. The van der Waals surface area contributed by atoms with Gasteiger partial charge in [0.25, 0.3) is 5.91 Å². The summed E-state index contributed by atoms with van der Waals surface area (Å²) in [4.78, 5) is 14.4. The largest absolute Gasteiger partial charge is 0.365 e. The van der Waals surface area contributed by atoms with Gasteiger partial charge in [0.1, 0.15) is 6.10 Å². The highest BCUT2D eigenvalue weighted by Gasteiger charge is 2.27. The zero-order chi connectivity index (χ0) is 15.1. The predicted octanol–water partition coefficient (Wildman–Crippen LogP) is 2.71. The number of hydrogen-bond donors (Lipinski definition) is 1. The molecule has 2 rings (SSSR count). The van der Waals surface area contributed by atoms with Crippen LogP contribution in [0.3, 0.4) is 0 Å². The van der Waals surface area contributed by atoms with Gasteiger partial charge in [-0.3, -0.25) is 4.79 Å².